The molecule has 0 fully saturated rings. The van der Waals surface area contributed by atoms with Gasteiger partial charge in [-0.15, -0.1) is 0 Å². The van der Waals surface area contributed by atoms with Crippen molar-refractivity contribution >= 4 is 69.0 Å². The molecule has 44 heavy (non-hydrogen) atoms. The van der Waals surface area contributed by atoms with Crippen LogP contribution in [0.15, 0.2) is 78.9 Å². The number of nitrogens with two attached hydrogens (primary N) is 1. The third kappa shape index (κ3) is 7.33. The van der Waals surface area contributed by atoms with Crippen molar-refractivity contribution in [2.24, 2.45) is 5.73 Å². The van der Waals surface area contributed by atoms with Crippen LogP contribution in [-0.4, -0.2) is 28.5 Å². The number of nitrogens with one attached hydrogen (secondary N) is 1. The smallest absolute Gasteiger partial charge is 0.219 e. The Balaban J connectivity index is 1.54. The third-order valence-corrected chi connectivity index (χ3v) is 9.17. The lowest BCUT2D eigenvalue weighted by Crippen LogP contribution is -2.26. The maximum Gasteiger partial charge on any atom is 0.219 e. The van der Waals surface area contributed by atoms with E-state index in [4.69, 9.17) is 57.1 Å². The molecule has 10 heteroatoms. The van der Waals surface area contributed by atoms with Crippen molar-refractivity contribution in [1.82, 2.24) is 14.9 Å². The molecule has 1 aromatic heterocycles. The van der Waals surface area contributed by atoms with Gasteiger partial charge in [0.25, 0.3) is 0 Å². The van der Waals surface area contributed by atoms with E-state index in [1.807, 2.05) is 48.5 Å². The lowest BCUT2D eigenvalue weighted by Gasteiger charge is -2.21. The number of primary amides is 1. The largest absolute Gasteiger partial charge is 0.372 e. The van der Waals surface area contributed by atoms with Crippen LogP contribution in [-0.2, 0) is 17.9 Å². The molecule has 1 unspecified atom stereocenters. The minimum atomic E-state index is -0.407. The molecule has 3 N–H and O–H groups in total. The highest BCUT2D eigenvalue weighted by Gasteiger charge is 2.19. The van der Waals surface area contributed by atoms with E-state index in [1.54, 1.807) is 6.07 Å². The van der Waals surface area contributed by atoms with Gasteiger partial charge >= 0.3 is 0 Å². The topological polar surface area (TPSA) is 76.2 Å². The molecular formula is C34H33Cl4N5O. The Morgan fingerprint density at radius 3 is 2.09 bits per heavy atom. The van der Waals surface area contributed by atoms with Crippen molar-refractivity contribution in [3.8, 4) is 11.4 Å². The highest BCUT2D eigenvalue weighted by molar-refractivity contribution is 6.42. The lowest BCUT2D eigenvalue weighted by atomic mass is 10.0. The van der Waals surface area contributed by atoms with Crippen LogP contribution in [0.5, 0.6) is 0 Å². The Morgan fingerprint density at radius 2 is 1.48 bits per heavy atom. The summed E-state index contributed by atoms with van der Waals surface area (Å²) in [7, 11) is 0. The van der Waals surface area contributed by atoms with Gasteiger partial charge in [-0.3, -0.25) is 4.79 Å². The van der Waals surface area contributed by atoms with Crippen LogP contribution in [0.1, 0.15) is 43.0 Å². The summed E-state index contributed by atoms with van der Waals surface area (Å²) in [5.41, 5.74) is 12.4. The first-order chi connectivity index (χ1) is 21.2. The fourth-order valence-electron chi connectivity index (χ4n) is 5.37. The van der Waals surface area contributed by atoms with Gasteiger partial charge in [0.1, 0.15) is 5.82 Å². The highest BCUT2D eigenvalue weighted by Crippen LogP contribution is 2.32. The predicted octanol–water partition coefficient (Wildman–Crippen LogP) is 8.92. The number of nitrogens with zero attached hydrogens (tertiary/aromatic N) is 3. The van der Waals surface area contributed by atoms with Crippen molar-refractivity contribution in [3.05, 3.63) is 116 Å². The quantitative estimate of drug-likeness (QED) is 0.139. The number of amides is 1. The van der Waals surface area contributed by atoms with Crippen molar-refractivity contribution in [1.29, 1.82) is 0 Å². The summed E-state index contributed by atoms with van der Waals surface area (Å²) in [5, 5.41) is 5.44. The first kappa shape index (κ1) is 32.1. The summed E-state index contributed by atoms with van der Waals surface area (Å²) >= 11 is 24.9. The third-order valence-electron chi connectivity index (χ3n) is 7.70. The molecular weight excluding hydrogens is 636 g/mol. The first-order valence-electron chi connectivity index (χ1n) is 14.4. The number of hydrogen-bond acceptors (Lipinski definition) is 4. The Bertz CT molecular complexity index is 1780. The van der Waals surface area contributed by atoms with Gasteiger partial charge in [0.05, 0.1) is 31.1 Å². The first-order valence-corrected chi connectivity index (χ1v) is 15.9. The molecule has 5 aromatic rings. The van der Waals surface area contributed by atoms with Gasteiger partial charge in [0.2, 0.25) is 5.91 Å². The zero-order valence-corrected chi connectivity index (χ0v) is 27.5. The predicted molar refractivity (Wildman–Crippen MR) is 184 cm³/mol. The van der Waals surface area contributed by atoms with Crippen molar-refractivity contribution in [2.75, 3.05) is 18.0 Å². The molecule has 0 radical (unpaired) electrons. The zero-order valence-electron chi connectivity index (χ0n) is 24.5. The number of carbonyl (C=O) groups excluding carboxylic acids is 1. The molecule has 0 saturated heterocycles. The second-order valence-electron chi connectivity index (χ2n) is 10.6. The number of imidazole rings is 1. The average molecular weight is 669 g/mol. The Hall–Kier alpha value is -3.26. The number of halogens is 4. The summed E-state index contributed by atoms with van der Waals surface area (Å²) in [6, 6.07) is 25.3. The van der Waals surface area contributed by atoms with Gasteiger partial charge in [-0.1, -0.05) is 64.6 Å². The molecule has 228 valence electrons. The number of anilines is 1. The van der Waals surface area contributed by atoms with E-state index in [2.05, 4.69) is 52.9 Å². The second-order valence-corrected chi connectivity index (χ2v) is 12.2. The number of hydrogen-bond donors (Lipinski definition) is 2. The fraction of sp³-hybridized carbons (Fsp3) is 0.235. The van der Waals surface area contributed by atoms with Crippen LogP contribution >= 0.6 is 46.4 Å². The van der Waals surface area contributed by atoms with Crippen LogP contribution in [0.25, 0.3) is 22.4 Å². The number of fused-ring (bicyclic) bond motifs is 1. The van der Waals surface area contributed by atoms with Gasteiger partial charge < -0.3 is 20.5 Å². The molecule has 0 aliphatic rings. The number of rotatable bonds is 12. The summed E-state index contributed by atoms with van der Waals surface area (Å²) < 4.78 is 2.18. The summed E-state index contributed by atoms with van der Waals surface area (Å²) in [6.45, 7) is 7.18. The van der Waals surface area contributed by atoms with Crippen LogP contribution in [0.4, 0.5) is 5.69 Å². The Labute approximate surface area is 277 Å². The Morgan fingerprint density at radius 1 is 0.841 bits per heavy atom. The van der Waals surface area contributed by atoms with Gasteiger partial charge in [-0.2, -0.15) is 0 Å². The fourth-order valence-corrected chi connectivity index (χ4v) is 6.02. The van der Waals surface area contributed by atoms with Gasteiger partial charge in [-0.25, -0.2) is 4.98 Å². The van der Waals surface area contributed by atoms with Crippen LogP contribution in [0.2, 0.25) is 20.1 Å². The maximum atomic E-state index is 12.1. The molecule has 1 amide bonds. The van der Waals surface area contributed by atoms with E-state index in [0.29, 0.717) is 33.2 Å². The van der Waals surface area contributed by atoms with E-state index in [1.165, 1.54) is 0 Å². The number of aromatic nitrogens is 2. The molecule has 0 aliphatic carbocycles. The summed E-state index contributed by atoms with van der Waals surface area (Å²) in [5.74, 6) is 0.417. The number of carbonyl (C=O) groups is 1. The minimum absolute atomic E-state index is 0.122. The SMILES string of the molecule is CCN(CC)c1ccc(-c2nc3cc(C(CC(N)=O)NCc4ccc(Cl)c(Cl)c4)ccc3n2Cc2ccc(Cl)c(Cl)c2)cc1. The molecule has 0 bridgehead atoms. The minimum Gasteiger partial charge on any atom is -0.372 e. The van der Waals surface area contributed by atoms with Gasteiger partial charge in [0, 0.05) is 49.9 Å². The van der Waals surface area contributed by atoms with Gasteiger partial charge in [0.15, 0.2) is 0 Å². The Kier molecular flexibility index (Phi) is 10.4. The van der Waals surface area contributed by atoms with E-state index >= 15 is 0 Å². The molecule has 1 heterocycles. The second kappa shape index (κ2) is 14.2. The molecule has 4 aromatic carbocycles. The maximum absolute atomic E-state index is 12.1. The van der Waals surface area contributed by atoms with Crippen LogP contribution in [0.3, 0.4) is 0 Å². The van der Waals surface area contributed by atoms with Crippen molar-refractivity contribution in [2.45, 2.75) is 39.4 Å². The van der Waals surface area contributed by atoms with E-state index in [0.717, 1.165) is 57.9 Å². The molecule has 0 spiro atoms. The average Bonchev–Trinajstić information content (AvgIpc) is 3.37. The van der Waals surface area contributed by atoms with E-state index in [-0.39, 0.29) is 12.5 Å². The standard InChI is InChI=1S/C34H33Cl4N5O/c1-3-42(4-2)25-10-7-23(8-11-25)34-41-31-17-24(9-14-32(31)43(34)20-22-6-13-27(36)29(38)16-22)30(18-33(39)44)40-19-21-5-12-26(35)28(37)15-21/h5-17,30,40H,3-4,18-20H2,1-2H3,(H2,39,44). The van der Waals surface area contributed by atoms with Crippen molar-refractivity contribution in [3.63, 3.8) is 0 Å². The highest BCUT2D eigenvalue weighted by atomic mass is 35.5. The molecule has 6 nitrogen and oxygen atoms in total. The summed E-state index contributed by atoms with van der Waals surface area (Å²) in [6.07, 6.45) is 0.122. The van der Waals surface area contributed by atoms with E-state index < -0.39 is 5.91 Å². The molecule has 0 aliphatic heterocycles. The number of benzene rings is 4. The van der Waals surface area contributed by atoms with Crippen molar-refractivity contribution < 1.29 is 4.79 Å². The summed E-state index contributed by atoms with van der Waals surface area (Å²) in [4.78, 5) is 19.5. The van der Waals surface area contributed by atoms with E-state index in [9.17, 15) is 4.79 Å². The van der Waals surface area contributed by atoms with Gasteiger partial charge in [-0.05, 0) is 91.2 Å². The molecule has 5 rings (SSSR count). The van der Waals surface area contributed by atoms with Crippen LogP contribution < -0.4 is 16.0 Å². The molecule has 0 saturated carbocycles. The van der Waals surface area contributed by atoms with Crippen LogP contribution in [0, 0.1) is 0 Å². The monoisotopic (exact) mass is 667 g/mol. The zero-order chi connectivity index (χ0) is 31.4. The molecule has 1 atom stereocenters. The normalized spacial score (nSPS) is 12.0. The lowest BCUT2D eigenvalue weighted by molar-refractivity contribution is -0.118.